The van der Waals surface area contributed by atoms with Gasteiger partial charge in [0.2, 0.25) is 6.20 Å². The molecule has 0 bridgehead atoms. The predicted octanol–water partition coefficient (Wildman–Crippen LogP) is 2.87. The number of carbonyl (C=O) groups is 1. The van der Waals surface area contributed by atoms with Crippen molar-refractivity contribution in [3.05, 3.63) is 70.5 Å². The molecule has 0 radical (unpaired) electrons. The van der Waals surface area contributed by atoms with Crippen LogP contribution in [0.25, 0.3) is 6.08 Å². The highest BCUT2D eigenvalue weighted by Gasteiger charge is 2.15. The average Bonchev–Trinajstić information content (AvgIpc) is 2.38. The third-order valence-corrected chi connectivity index (χ3v) is 2.92. The number of hydrogen-bond acceptors (Lipinski definition) is 2. The lowest BCUT2D eigenvalue weighted by Crippen LogP contribution is -2.36. The van der Waals surface area contributed by atoms with E-state index in [-0.39, 0.29) is 11.5 Å². The molecule has 0 unspecified atom stereocenters. The van der Waals surface area contributed by atoms with Crippen LogP contribution in [0.5, 0.6) is 0 Å². The summed E-state index contributed by atoms with van der Waals surface area (Å²) in [4.78, 5) is 11.8. The minimum Gasteiger partial charge on any atom is -0.284 e. The van der Waals surface area contributed by atoms with Gasteiger partial charge in [-0.25, -0.2) is 0 Å². The summed E-state index contributed by atoms with van der Waals surface area (Å²) in [5.74, 6) is -0.249. The average molecular weight is 305 g/mol. The standard InChI is InChI=1S/C14H11BrNO2/c15-12-7-4-11(5-8-12)6-9-14(17)13-3-1-2-10-16(13)18/h1-10,18H/q+1. The Morgan fingerprint density at radius 2 is 1.89 bits per heavy atom. The summed E-state index contributed by atoms with van der Waals surface area (Å²) in [6, 6.07) is 12.5. The number of carbonyl (C=O) groups excluding carboxylic acids is 1. The van der Waals surface area contributed by atoms with E-state index in [4.69, 9.17) is 0 Å². The zero-order valence-corrected chi connectivity index (χ0v) is 11.0. The maximum Gasteiger partial charge on any atom is 0.304 e. The summed E-state index contributed by atoms with van der Waals surface area (Å²) in [6.07, 6.45) is 4.56. The molecule has 0 amide bonds. The summed E-state index contributed by atoms with van der Waals surface area (Å²) in [6.45, 7) is 0. The Morgan fingerprint density at radius 3 is 2.56 bits per heavy atom. The number of ketones is 1. The number of nitrogens with zero attached hydrogens (tertiary/aromatic N) is 1. The minimum absolute atomic E-state index is 0.228. The molecule has 0 atom stereocenters. The fraction of sp³-hybridized carbons (Fsp3) is 0. The van der Waals surface area contributed by atoms with Crippen LogP contribution in [0.2, 0.25) is 0 Å². The van der Waals surface area contributed by atoms with Crippen molar-refractivity contribution in [2.75, 3.05) is 0 Å². The lowest BCUT2D eigenvalue weighted by Gasteiger charge is -1.93. The number of hydrogen-bond donors (Lipinski definition) is 1. The highest BCUT2D eigenvalue weighted by Crippen LogP contribution is 2.11. The van der Waals surface area contributed by atoms with E-state index in [0.29, 0.717) is 0 Å². The van der Waals surface area contributed by atoms with Crippen LogP contribution >= 0.6 is 15.9 Å². The van der Waals surface area contributed by atoms with Crippen LogP contribution < -0.4 is 4.73 Å². The zero-order chi connectivity index (χ0) is 13.0. The molecule has 0 saturated heterocycles. The van der Waals surface area contributed by atoms with Crippen molar-refractivity contribution in [3.63, 3.8) is 0 Å². The first-order valence-electron chi connectivity index (χ1n) is 5.35. The zero-order valence-electron chi connectivity index (χ0n) is 9.45. The summed E-state index contributed by atoms with van der Waals surface area (Å²) in [5, 5.41) is 9.47. The second-order valence-corrected chi connectivity index (χ2v) is 4.60. The predicted molar refractivity (Wildman–Crippen MR) is 71.3 cm³/mol. The van der Waals surface area contributed by atoms with Crippen LogP contribution in [-0.2, 0) is 0 Å². The summed E-state index contributed by atoms with van der Waals surface area (Å²) >= 11 is 3.34. The van der Waals surface area contributed by atoms with Gasteiger partial charge in [-0.15, -0.1) is 0 Å². The van der Waals surface area contributed by atoms with Gasteiger partial charge in [0.25, 0.3) is 5.78 Å². The van der Waals surface area contributed by atoms with E-state index in [0.717, 1.165) is 14.8 Å². The number of benzene rings is 1. The first-order valence-corrected chi connectivity index (χ1v) is 6.14. The maximum atomic E-state index is 11.8. The van der Waals surface area contributed by atoms with Crippen molar-refractivity contribution in [1.82, 2.24) is 0 Å². The van der Waals surface area contributed by atoms with Crippen molar-refractivity contribution in [2.45, 2.75) is 0 Å². The molecule has 4 heteroatoms. The number of aromatic nitrogens is 1. The topological polar surface area (TPSA) is 41.2 Å². The Bertz CT molecular complexity index is 591. The monoisotopic (exact) mass is 304 g/mol. The lowest BCUT2D eigenvalue weighted by molar-refractivity contribution is -0.905. The Kier molecular flexibility index (Phi) is 3.89. The van der Waals surface area contributed by atoms with Crippen molar-refractivity contribution in [1.29, 1.82) is 0 Å². The van der Waals surface area contributed by atoms with Gasteiger partial charge in [0, 0.05) is 21.3 Å². The largest absolute Gasteiger partial charge is 0.304 e. The van der Waals surface area contributed by atoms with Crippen molar-refractivity contribution in [2.24, 2.45) is 0 Å². The first-order chi connectivity index (χ1) is 8.66. The van der Waals surface area contributed by atoms with E-state index in [1.165, 1.54) is 12.3 Å². The van der Waals surface area contributed by atoms with E-state index in [2.05, 4.69) is 15.9 Å². The molecule has 1 aromatic heterocycles. The molecule has 0 aliphatic carbocycles. The first kappa shape index (κ1) is 12.5. The third kappa shape index (κ3) is 3.05. The molecule has 0 fully saturated rings. The van der Waals surface area contributed by atoms with E-state index in [1.54, 1.807) is 24.3 Å². The lowest BCUT2D eigenvalue weighted by atomic mass is 10.1. The van der Waals surface area contributed by atoms with Crippen LogP contribution in [0.1, 0.15) is 16.1 Å². The molecule has 0 aliphatic heterocycles. The minimum atomic E-state index is -0.249. The molecule has 2 aromatic rings. The van der Waals surface area contributed by atoms with Crippen LogP contribution in [0.3, 0.4) is 0 Å². The normalized spacial score (nSPS) is 10.7. The number of halogens is 1. The molecule has 0 spiro atoms. The van der Waals surface area contributed by atoms with Crippen molar-refractivity contribution >= 4 is 27.8 Å². The van der Waals surface area contributed by atoms with E-state index >= 15 is 0 Å². The molecule has 2 rings (SSSR count). The molecule has 3 nitrogen and oxygen atoms in total. The van der Waals surface area contributed by atoms with E-state index in [9.17, 15) is 10.0 Å². The van der Waals surface area contributed by atoms with Gasteiger partial charge in [-0.3, -0.25) is 10.0 Å². The van der Waals surface area contributed by atoms with Gasteiger partial charge in [-0.05, 0) is 29.8 Å². The molecular formula is C14H11BrNO2+. The highest BCUT2D eigenvalue weighted by molar-refractivity contribution is 9.10. The van der Waals surface area contributed by atoms with Gasteiger partial charge < -0.3 is 0 Å². The van der Waals surface area contributed by atoms with Gasteiger partial charge in [-0.2, -0.15) is 0 Å². The van der Waals surface area contributed by atoms with Crippen molar-refractivity contribution in [3.8, 4) is 0 Å². The van der Waals surface area contributed by atoms with Crippen LogP contribution in [0.4, 0.5) is 0 Å². The van der Waals surface area contributed by atoms with Gasteiger partial charge in [0.05, 0.1) is 0 Å². The molecule has 1 N–H and O–H groups in total. The maximum absolute atomic E-state index is 11.8. The number of pyridine rings is 1. The quantitative estimate of drug-likeness (QED) is 0.410. The van der Waals surface area contributed by atoms with Gasteiger partial charge in [0.1, 0.15) is 0 Å². The highest BCUT2D eigenvalue weighted by atomic mass is 79.9. The van der Waals surface area contributed by atoms with Gasteiger partial charge in [0.15, 0.2) is 0 Å². The van der Waals surface area contributed by atoms with Crippen LogP contribution in [0, 0.1) is 0 Å². The van der Waals surface area contributed by atoms with Crippen molar-refractivity contribution < 1.29 is 14.7 Å². The summed E-state index contributed by atoms with van der Waals surface area (Å²) < 4.78 is 1.80. The fourth-order valence-electron chi connectivity index (χ4n) is 1.46. The van der Waals surface area contributed by atoms with E-state index in [1.807, 2.05) is 24.3 Å². The Hall–Kier alpha value is -1.94. The smallest absolute Gasteiger partial charge is 0.284 e. The van der Waals surface area contributed by atoms with Crippen LogP contribution in [-0.4, -0.2) is 11.0 Å². The van der Waals surface area contributed by atoms with E-state index < -0.39 is 0 Å². The molecule has 0 aliphatic rings. The summed E-state index contributed by atoms with van der Waals surface area (Å²) in [7, 11) is 0. The second kappa shape index (κ2) is 5.60. The molecule has 0 saturated carbocycles. The molecule has 90 valence electrons. The third-order valence-electron chi connectivity index (χ3n) is 2.39. The molecule has 1 aromatic carbocycles. The Morgan fingerprint density at radius 1 is 1.17 bits per heavy atom. The fourth-order valence-corrected chi connectivity index (χ4v) is 1.73. The SMILES string of the molecule is O=C(C=Cc1ccc(Br)cc1)c1cccc[n+]1O. The number of allylic oxidation sites excluding steroid dienone is 1. The second-order valence-electron chi connectivity index (χ2n) is 3.68. The van der Waals surface area contributed by atoms with Gasteiger partial charge >= 0.3 is 5.69 Å². The van der Waals surface area contributed by atoms with Gasteiger partial charge in [-0.1, -0.05) is 34.1 Å². The molecule has 1 heterocycles. The Balaban J connectivity index is 2.17. The number of rotatable bonds is 3. The van der Waals surface area contributed by atoms with Crippen LogP contribution in [0.15, 0.2) is 59.2 Å². The Labute approximate surface area is 113 Å². The molecular weight excluding hydrogens is 294 g/mol. The summed E-state index contributed by atoms with van der Waals surface area (Å²) in [5.41, 5.74) is 1.15. The molecule has 18 heavy (non-hydrogen) atoms.